The number of rotatable bonds is 1. The summed E-state index contributed by atoms with van der Waals surface area (Å²) in [6.45, 7) is 2.52. The van der Waals surface area contributed by atoms with Gasteiger partial charge in [0.1, 0.15) is 5.76 Å². The molecule has 0 N–H and O–H groups in total. The maximum absolute atomic E-state index is 5.44. The third-order valence-electron chi connectivity index (χ3n) is 4.63. The molecule has 2 fully saturated rings. The topological polar surface area (TPSA) is 12.5 Å². The number of likely N-dealkylation sites (tertiary alicyclic amines) is 1. The SMILES string of the molecule is COC1=CC=C2C3CN(C)CC3CCC2C1Br. The summed E-state index contributed by atoms with van der Waals surface area (Å²) in [6.07, 6.45) is 7.16. The van der Waals surface area contributed by atoms with E-state index >= 15 is 0 Å². The monoisotopic (exact) mass is 297 g/mol. The molecule has 1 heterocycles. The number of allylic oxidation sites excluding steroid dienone is 3. The van der Waals surface area contributed by atoms with Crippen molar-refractivity contribution in [3.63, 3.8) is 0 Å². The van der Waals surface area contributed by atoms with E-state index in [1.54, 1.807) is 12.7 Å². The van der Waals surface area contributed by atoms with Gasteiger partial charge in [-0.25, -0.2) is 0 Å². The number of hydrogen-bond donors (Lipinski definition) is 0. The predicted octanol–water partition coefficient (Wildman–Crippen LogP) is 2.81. The fourth-order valence-electron chi connectivity index (χ4n) is 3.80. The van der Waals surface area contributed by atoms with E-state index in [9.17, 15) is 0 Å². The van der Waals surface area contributed by atoms with Crippen LogP contribution < -0.4 is 0 Å². The van der Waals surface area contributed by atoms with E-state index in [-0.39, 0.29) is 0 Å². The van der Waals surface area contributed by atoms with Gasteiger partial charge in [-0.15, -0.1) is 0 Å². The molecule has 1 aliphatic heterocycles. The fourth-order valence-corrected chi connectivity index (χ4v) is 4.71. The third-order valence-corrected chi connectivity index (χ3v) is 5.72. The molecular weight excluding hydrogens is 278 g/mol. The molecule has 0 aromatic heterocycles. The highest BCUT2D eigenvalue weighted by Gasteiger charge is 2.43. The minimum absolute atomic E-state index is 0.388. The van der Waals surface area contributed by atoms with Gasteiger partial charge in [0, 0.05) is 19.0 Å². The van der Waals surface area contributed by atoms with Crippen LogP contribution in [0, 0.1) is 17.8 Å². The first-order valence-electron chi connectivity index (χ1n) is 6.49. The maximum atomic E-state index is 5.44. The van der Waals surface area contributed by atoms with Crippen LogP contribution in [0.4, 0.5) is 0 Å². The second-order valence-corrected chi connectivity index (χ2v) is 6.60. The Kier molecular flexibility index (Phi) is 3.07. The van der Waals surface area contributed by atoms with Gasteiger partial charge in [0.2, 0.25) is 0 Å². The zero-order valence-electron chi connectivity index (χ0n) is 10.5. The van der Waals surface area contributed by atoms with Crippen LogP contribution in [0.2, 0.25) is 0 Å². The minimum atomic E-state index is 0.388. The second-order valence-electron chi connectivity index (χ2n) is 5.61. The summed E-state index contributed by atoms with van der Waals surface area (Å²) in [5.74, 6) is 3.42. The van der Waals surface area contributed by atoms with Gasteiger partial charge in [0.05, 0.1) is 11.9 Å². The van der Waals surface area contributed by atoms with E-state index < -0.39 is 0 Å². The third kappa shape index (κ3) is 1.88. The van der Waals surface area contributed by atoms with Gasteiger partial charge in [-0.2, -0.15) is 0 Å². The zero-order valence-corrected chi connectivity index (χ0v) is 12.1. The van der Waals surface area contributed by atoms with Crippen molar-refractivity contribution in [2.45, 2.75) is 17.7 Å². The molecule has 0 aromatic carbocycles. The lowest BCUT2D eigenvalue weighted by molar-refractivity contribution is 0.241. The van der Waals surface area contributed by atoms with Crippen molar-refractivity contribution in [3.05, 3.63) is 23.5 Å². The van der Waals surface area contributed by atoms with Crippen molar-refractivity contribution >= 4 is 15.9 Å². The normalized spacial score (nSPS) is 41.4. The average molecular weight is 298 g/mol. The number of fused-ring (bicyclic) bond motifs is 3. The Bertz CT molecular complexity index is 376. The van der Waals surface area contributed by atoms with Crippen molar-refractivity contribution in [3.8, 4) is 0 Å². The van der Waals surface area contributed by atoms with Crippen LogP contribution in [0.15, 0.2) is 23.5 Å². The average Bonchev–Trinajstić information content (AvgIpc) is 2.70. The molecule has 4 atom stereocenters. The quantitative estimate of drug-likeness (QED) is 0.690. The van der Waals surface area contributed by atoms with Crippen molar-refractivity contribution in [2.24, 2.45) is 17.8 Å². The van der Waals surface area contributed by atoms with Crippen LogP contribution >= 0.6 is 15.9 Å². The Balaban J connectivity index is 1.90. The summed E-state index contributed by atoms with van der Waals surface area (Å²) in [5, 5.41) is 0. The van der Waals surface area contributed by atoms with E-state index in [1.807, 2.05) is 0 Å². The number of nitrogens with zero attached hydrogens (tertiary/aromatic N) is 1. The highest BCUT2D eigenvalue weighted by molar-refractivity contribution is 9.09. The molecule has 3 heteroatoms. The fraction of sp³-hybridized carbons (Fsp3) is 0.714. The first kappa shape index (κ1) is 11.8. The molecule has 2 nitrogen and oxygen atoms in total. The van der Waals surface area contributed by atoms with Crippen LogP contribution in [0.3, 0.4) is 0 Å². The molecule has 94 valence electrons. The number of methoxy groups -OCH3 is 1. The van der Waals surface area contributed by atoms with Gasteiger partial charge < -0.3 is 9.64 Å². The molecule has 0 aromatic rings. The Morgan fingerprint density at radius 1 is 1.24 bits per heavy atom. The molecule has 3 aliphatic rings. The van der Waals surface area contributed by atoms with Crippen molar-refractivity contribution < 1.29 is 4.74 Å². The van der Waals surface area contributed by atoms with Crippen LogP contribution in [0.25, 0.3) is 0 Å². The molecule has 0 spiro atoms. The summed E-state index contributed by atoms with van der Waals surface area (Å²) in [7, 11) is 4.02. The Hall–Kier alpha value is -0.280. The molecule has 1 saturated heterocycles. The Morgan fingerprint density at radius 3 is 2.82 bits per heavy atom. The van der Waals surface area contributed by atoms with Crippen LogP contribution in [-0.2, 0) is 4.74 Å². The number of halogens is 1. The smallest absolute Gasteiger partial charge is 0.110 e. The van der Waals surface area contributed by atoms with Gasteiger partial charge >= 0.3 is 0 Å². The van der Waals surface area contributed by atoms with E-state index in [0.29, 0.717) is 10.7 Å². The Morgan fingerprint density at radius 2 is 2.06 bits per heavy atom. The largest absolute Gasteiger partial charge is 0.500 e. The molecule has 3 rings (SSSR count). The first-order chi connectivity index (χ1) is 8.20. The maximum Gasteiger partial charge on any atom is 0.110 e. The Labute approximate surface area is 112 Å². The van der Waals surface area contributed by atoms with Gasteiger partial charge in [-0.05, 0) is 37.8 Å². The van der Waals surface area contributed by atoms with Crippen molar-refractivity contribution in [1.29, 1.82) is 0 Å². The summed E-state index contributed by atoms with van der Waals surface area (Å²) in [6, 6.07) is 0. The molecule has 0 radical (unpaired) electrons. The highest BCUT2D eigenvalue weighted by atomic mass is 79.9. The van der Waals surface area contributed by atoms with Gasteiger partial charge in [-0.1, -0.05) is 27.6 Å². The lowest BCUT2D eigenvalue weighted by atomic mass is 9.69. The first-order valence-corrected chi connectivity index (χ1v) is 7.40. The molecule has 2 aliphatic carbocycles. The zero-order chi connectivity index (χ0) is 12.0. The van der Waals surface area contributed by atoms with Crippen LogP contribution in [0.5, 0.6) is 0 Å². The van der Waals surface area contributed by atoms with Gasteiger partial charge in [-0.3, -0.25) is 0 Å². The number of ether oxygens (including phenoxy) is 1. The summed E-state index contributed by atoms with van der Waals surface area (Å²) < 4.78 is 5.44. The summed E-state index contributed by atoms with van der Waals surface area (Å²) in [5.41, 5.74) is 1.66. The molecule has 17 heavy (non-hydrogen) atoms. The van der Waals surface area contributed by atoms with Crippen molar-refractivity contribution in [2.75, 3.05) is 27.2 Å². The molecule has 4 unspecified atom stereocenters. The molecule has 0 bridgehead atoms. The van der Waals surface area contributed by atoms with E-state index in [0.717, 1.165) is 17.6 Å². The van der Waals surface area contributed by atoms with Gasteiger partial charge in [0.25, 0.3) is 0 Å². The summed E-state index contributed by atoms with van der Waals surface area (Å²) in [4.78, 5) is 2.87. The molecular formula is C14H20BrNO. The van der Waals surface area contributed by atoms with E-state index in [1.165, 1.54) is 25.9 Å². The van der Waals surface area contributed by atoms with Crippen molar-refractivity contribution in [1.82, 2.24) is 4.90 Å². The lowest BCUT2D eigenvalue weighted by Gasteiger charge is -2.39. The summed E-state index contributed by atoms with van der Waals surface area (Å²) >= 11 is 3.82. The van der Waals surface area contributed by atoms with Crippen LogP contribution in [-0.4, -0.2) is 37.0 Å². The van der Waals surface area contributed by atoms with Crippen LogP contribution in [0.1, 0.15) is 12.8 Å². The van der Waals surface area contributed by atoms with E-state index in [4.69, 9.17) is 4.74 Å². The predicted molar refractivity (Wildman–Crippen MR) is 73.1 cm³/mol. The standard InChI is InChI=1S/C14H20BrNO/c1-16-7-9-3-4-11-10(12(9)8-16)5-6-13(17-2)14(11)15/h5-6,9,11-12,14H,3-4,7-8H2,1-2H3. The lowest BCUT2D eigenvalue weighted by Crippen LogP contribution is -2.34. The van der Waals surface area contributed by atoms with E-state index in [2.05, 4.69) is 40.0 Å². The number of alkyl halides is 1. The van der Waals surface area contributed by atoms with Gasteiger partial charge in [0.15, 0.2) is 0 Å². The number of hydrogen-bond acceptors (Lipinski definition) is 2. The highest BCUT2D eigenvalue weighted by Crippen LogP contribution is 2.48. The molecule has 0 amide bonds. The minimum Gasteiger partial charge on any atom is -0.500 e. The second kappa shape index (κ2) is 4.43. The molecule has 1 saturated carbocycles.